The van der Waals surface area contributed by atoms with Gasteiger partial charge in [-0.05, 0) is 23.3 Å². The van der Waals surface area contributed by atoms with Crippen LogP contribution in [-0.2, 0) is 16.6 Å². The van der Waals surface area contributed by atoms with Gasteiger partial charge in [-0.3, -0.25) is 9.59 Å². The van der Waals surface area contributed by atoms with Crippen LogP contribution in [0.25, 0.3) is 0 Å². The van der Waals surface area contributed by atoms with Crippen molar-refractivity contribution in [3.05, 3.63) is 0 Å². The first-order valence-corrected chi connectivity index (χ1v) is 6.98. The van der Waals surface area contributed by atoms with Gasteiger partial charge in [0, 0.05) is 20.1 Å². The van der Waals surface area contributed by atoms with E-state index in [0.717, 1.165) is 12.8 Å². The van der Waals surface area contributed by atoms with E-state index < -0.39 is 0 Å². The fourth-order valence-electron chi connectivity index (χ4n) is 2.00. The van der Waals surface area contributed by atoms with Gasteiger partial charge >= 0.3 is 0 Å². The molecule has 1 atom stereocenters. The molecule has 0 bridgehead atoms. The summed E-state index contributed by atoms with van der Waals surface area (Å²) in [5, 5.41) is 11.6. The fraction of sp³-hybridized carbons (Fsp3) is 0.700. The molecule has 2 rings (SSSR count). The van der Waals surface area contributed by atoms with Gasteiger partial charge in [-0.1, -0.05) is 11.8 Å². The molecule has 2 amide bonds. The zero-order chi connectivity index (χ0) is 13.8. The molecule has 2 N–H and O–H groups in total. The minimum absolute atomic E-state index is 0.0149. The van der Waals surface area contributed by atoms with E-state index in [1.54, 1.807) is 11.9 Å². The number of carbonyl (C=O) groups excluding carboxylic acids is 2. The quantitative estimate of drug-likeness (QED) is 0.713. The number of amides is 2. The topological polar surface area (TPSA) is 107 Å². The van der Waals surface area contributed by atoms with Gasteiger partial charge in [-0.2, -0.15) is 0 Å². The molecular weight excluding hydrogens is 268 g/mol. The van der Waals surface area contributed by atoms with E-state index in [2.05, 4.69) is 15.5 Å². The van der Waals surface area contributed by atoms with Crippen molar-refractivity contribution >= 4 is 23.6 Å². The molecular formula is C10H16N6O2S. The van der Waals surface area contributed by atoms with Crippen LogP contribution in [0, 0.1) is 5.92 Å². The Balaban J connectivity index is 1.86. The van der Waals surface area contributed by atoms with Crippen LogP contribution in [0.5, 0.6) is 0 Å². The highest BCUT2D eigenvalue weighted by Crippen LogP contribution is 2.19. The molecule has 0 unspecified atom stereocenters. The Morgan fingerprint density at radius 3 is 2.95 bits per heavy atom. The molecule has 2 heterocycles. The molecule has 0 aliphatic carbocycles. The van der Waals surface area contributed by atoms with Crippen LogP contribution in [0.1, 0.15) is 12.8 Å². The second-order valence-electron chi connectivity index (χ2n) is 4.46. The molecule has 1 saturated heterocycles. The number of thioether (sulfide) groups is 1. The number of aromatic nitrogens is 4. The lowest BCUT2D eigenvalue weighted by Gasteiger charge is -2.31. The van der Waals surface area contributed by atoms with Gasteiger partial charge in [-0.25, -0.2) is 4.68 Å². The van der Waals surface area contributed by atoms with E-state index in [9.17, 15) is 9.59 Å². The molecule has 9 heteroatoms. The number of nitrogens with two attached hydrogens (primary N) is 1. The maximum absolute atomic E-state index is 12.0. The van der Waals surface area contributed by atoms with Crippen molar-refractivity contribution in [1.82, 2.24) is 25.1 Å². The highest BCUT2D eigenvalue weighted by Gasteiger charge is 2.27. The number of rotatable bonds is 4. The van der Waals surface area contributed by atoms with E-state index in [0.29, 0.717) is 18.2 Å². The summed E-state index contributed by atoms with van der Waals surface area (Å²) in [6, 6.07) is 0. The molecule has 1 aliphatic rings. The summed E-state index contributed by atoms with van der Waals surface area (Å²) in [7, 11) is 1.72. The Labute approximate surface area is 114 Å². The number of likely N-dealkylation sites (tertiary alicyclic amines) is 1. The van der Waals surface area contributed by atoms with Gasteiger partial charge in [-0.15, -0.1) is 5.10 Å². The van der Waals surface area contributed by atoms with E-state index in [1.165, 1.54) is 16.4 Å². The zero-order valence-corrected chi connectivity index (χ0v) is 11.5. The smallest absolute Gasteiger partial charge is 0.233 e. The number of primary amides is 1. The van der Waals surface area contributed by atoms with Crippen molar-refractivity contribution in [2.75, 3.05) is 18.8 Å². The standard InChI is InChI=1S/C10H16N6O2S/c1-15-10(12-13-14-15)19-6-8(17)16-4-2-3-7(5-16)9(11)18/h7H,2-6H2,1H3,(H2,11,18)/t7-/m0/s1. The zero-order valence-electron chi connectivity index (χ0n) is 10.7. The maximum Gasteiger partial charge on any atom is 0.233 e. The second-order valence-corrected chi connectivity index (χ2v) is 5.40. The summed E-state index contributed by atoms with van der Waals surface area (Å²) >= 11 is 1.28. The van der Waals surface area contributed by atoms with Crippen LogP contribution < -0.4 is 5.73 Å². The molecule has 1 aromatic heterocycles. The van der Waals surface area contributed by atoms with Crippen LogP contribution in [-0.4, -0.2) is 55.8 Å². The van der Waals surface area contributed by atoms with E-state index >= 15 is 0 Å². The number of piperidine rings is 1. The minimum Gasteiger partial charge on any atom is -0.369 e. The number of aryl methyl sites for hydroxylation is 1. The predicted octanol–water partition coefficient (Wildman–Crippen LogP) is -0.974. The maximum atomic E-state index is 12.0. The van der Waals surface area contributed by atoms with Crippen molar-refractivity contribution in [3.8, 4) is 0 Å². The average Bonchev–Trinajstić information content (AvgIpc) is 2.81. The molecule has 0 saturated carbocycles. The molecule has 0 spiro atoms. The minimum atomic E-state index is -0.331. The van der Waals surface area contributed by atoms with Gasteiger partial charge in [0.05, 0.1) is 11.7 Å². The summed E-state index contributed by atoms with van der Waals surface area (Å²) in [4.78, 5) is 24.9. The first-order chi connectivity index (χ1) is 9.08. The largest absolute Gasteiger partial charge is 0.369 e. The lowest BCUT2D eigenvalue weighted by Crippen LogP contribution is -2.44. The third kappa shape index (κ3) is 3.43. The van der Waals surface area contributed by atoms with Crippen LogP contribution in [0.2, 0.25) is 0 Å². The molecule has 1 fully saturated rings. The molecule has 0 radical (unpaired) electrons. The first kappa shape index (κ1) is 13.8. The molecule has 0 aromatic carbocycles. The predicted molar refractivity (Wildman–Crippen MR) is 68.0 cm³/mol. The molecule has 1 aliphatic heterocycles. The van der Waals surface area contributed by atoms with Gasteiger partial charge in [0.2, 0.25) is 17.0 Å². The molecule has 19 heavy (non-hydrogen) atoms. The molecule has 1 aromatic rings. The Morgan fingerprint density at radius 2 is 2.32 bits per heavy atom. The van der Waals surface area contributed by atoms with Crippen molar-refractivity contribution in [3.63, 3.8) is 0 Å². The summed E-state index contributed by atoms with van der Waals surface area (Å²) < 4.78 is 1.51. The SMILES string of the molecule is Cn1nnnc1SCC(=O)N1CCC[C@H](C(N)=O)C1. The number of tetrazole rings is 1. The van der Waals surface area contributed by atoms with Gasteiger partial charge in [0.25, 0.3) is 0 Å². The van der Waals surface area contributed by atoms with Crippen molar-refractivity contribution in [2.45, 2.75) is 18.0 Å². The van der Waals surface area contributed by atoms with Crippen molar-refractivity contribution in [2.24, 2.45) is 18.7 Å². The number of hydrogen-bond donors (Lipinski definition) is 1. The fourth-order valence-corrected chi connectivity index (χ4v) is 2.75. The van der Waals surface area contributed by atoms with Crippen molar-refractivity contribution in [1.29, 1.82) is 0 Å². The monoisotopic (exact) mass is 284 g/mol. The van der Waals surface area contributed by atoms with Crippen LogP contribution in [0.15, 0.2) is 5.16 Å². The summed E-state index contributed by atoms with van der Waals surface area (Å²) in [6.45, 7) is 1.10. The second kappa shape index (κ2) is 6.00. The van der Waals surface area contributed by atoms with Gasteiger partial charge in [0.1, 0.15) is 0 Å². The Morgan fingerprint density at radius 1 is 1.53 bits per heavy atom. The van der Waals surface area contributed by atoms with Crippen LogP contribution in [0.4, 0.5) is 0 Å². The van der Waals surface area contributed by atoms with Gasteiger partial charge in [0.15, 0.2) is 0 Å². The lowest BCUT2D eigenvalue weighted by molar-refractivity contribution is -0.132. The summed E-state index contributed by atoms with van der Waals surface area (Å²) in [6.07, 6.45) is 1.58. The van der Waals surface area contributed by atoms with Crippen molar-refractivity contribution < 1.29 is 9.59 Å². The Kier molecular flexibility index (Phi) is 4.35. The van der Waals surface area contributed by atoms with E-state index in [-0.39, 0.29) is 23.5 Å². The number of carbonyl (C=O) groups is 2. The third-order valence-corrected chi connectivity index (χ3v) is 4.08. The number of hydrogen-bond acceptors (Lipinski definition) is 6. The Hall–Kier alpha value is -1.64. The van der Waals surface area contributed by atoms with E-state index in [1.807, 2.05) is 0 Å². The molecule has 104 valence electrons. The highest BCUT2D eigenvalue weighted by atomic mass is 32.2. The molecule has 8 nitrogen and oxygen atoms in total. The van der Waals surface area contributed by atoms with Crippen LogP contribution in [0.3, 0.4) is 0 Å². The number of nitrogens with zero attached hydrogens (tertiary/aromatic N) is 5. The normalized spacial score (nSPS) is 19.4. The lowest BCUT2D eigenvalue weighted by atomic mass is 9.97. The Bertz CT molecular complexity index is 476. The average molecular weight is 284 g/mol. The highest BCUT2D eigenvalue weighted by molar-refractivity contribution is 7.99. The summed E-state index contributed by atoms with van der Waals surface area (Å²) in [5.74, 6) is -0.305. The summed E-state index contributed by atoms with van der Waals surface area (Å²) in [5.41, 5.74) is 5.29. The van der Waals surface area contributed by atoms with E-state index in [4.69, 9.17) is 5.73 Å². The van der Waals surface area contributed by atoms with Gasteiger partial charge < -0.3 is 10.6 Å². The first-order valence-electron chi connectivity index (χ1n) is 6.00. The third-order valence-electron chi connectivity index (χ3n) is 3.08. The van der Waals surface area contributed by atoms with Crippen LogP contribution >= 0.6 is 11.8 Å².